The monoisotopic (exact) mass is 464 g/mol. The lowest BCUT2D eigenvalue weighted by molar-refractivity contribution is -0.114. The second kappa shape index (κ2) is 10.0. The summed E-state index contributed by atoms with van der Waals surface area (Å²) in [5, 5.41) is 3.34. The molecule has 0 aliphatic carbocycles. The van der Waals surface area contributed by atoms with Crippen LogP contribution in [-0.4, -0.2) is 27.0 Å². The Morgan fingerprint density at radius 1 is 1.31 bits per heavy atom. The van der Waals surface area contributed by atoms with E-state index in [4.69, 9.17) is 11.6 Å². The largest absolute Gasteiger partial charge is 0.337 e. The van der Waals surface area contributed by atoms with Gasteiger partial charge in [-0.15, -0.1) is 23.7 Å². The molecule has 0 spiro atoms. The van der Waals surface area contributed by atoms with Crippen molar-refractivity contribution >= 4 is 74.0 Å². The maximum atomic E-state index is 12.9. The standard InChI is InChI=1S/C20H17ClN4OS2.ClH/c21-15-4-6-17-18(13-15)28-20(23-17)25(10-2-9-24-11-8-22-14-24)19(26)7-5-16-3-1-12-27-16;/h1,3-8,11-14H,2,9-10H2;1H. The van der Waals surface area contributed by atoms with Crippen LogP contribution in [0.4, 0.5) is 5.13 Å². The molecule has 0 unspecified atom stereocenters. The Labute approximate surface area is 187 Å². The lowest BCUT2D eigenvalue weighted by Gasteiger charge is -2.18. The molecule has 0 radical (unpaired) electrons. The molecule has 4 rings (SSSR count). The van der Waals surface area contributed by atoms with Crippen molar-refractivity contribution < 1.29 is 4.79 Å². The van der Waals surface area contributed by atoms with E-state index in [0.717, 1.165) is 28.1 Å². The summed E-state index contributed by atoms with van der Waals surface area (Å²) in [6, 6.07) is 9.53. The van der Waals surface area contributed by atoms with Crippen LogP contribution in [0.1, 0.15) is 11.3 Å². The summed E-state index contributed by atoms with van der Waals surface area (Å²) >= 11 is 9.17. The van der Waals surface area contributed by atoms with Gasteiger partial charge >= 0.3 is 0 Å². The van der Waals surface area contributed by atoms with Gasteiger partial charge in [-0.25, -0.2) is 9.97 Å². The number of hydrogen-bond donors (Lipinski definition) is 0. The number of carbonyl (C=O) groups is 1. The predicted molar refractivity (Wildman–Crippen MR) is 124 cm³/mol. The number of amides is 1. The second-order valence-corrected chi connectivity index (χ2v) is 8.53. The number of aryl methyl sites for hydroxylation is 1. The normalized spacial score (nSPS) is 11.1. The molecule has 0 aliphatic heterocycles. The number of thiazole rings is 1. The Bertz CT molecular complexity index is 1090. The van der Waals surface area contributed by atoms with Gasteiger partial charge in [0.05, 0.1) is 16.5 Å². The number of fused-ring (bicyclic) bond motifs is 1. The summed E-state index contributed by atoms with van der Waals surface area (Å²) in [5.74, 6) is -0.0795. The van der Waals surface area contributed by atoms with E-state index in [0.29, 0.717) is 16.7 Å². The van der Waals surface area contributed by atoms with Gasteiger partial charge in [0.25, 0.3) is 5.91 Å². The Kier molecular flexibility index (Phi) is 7.44. The molecular weight excluding hydrogens is 447 g/mol. The number of rotatable bonds is 7. The fourth-order valence-electron chi connectivity index (χ4n) is 2.76. The van der Waals surface area contributed by atoms with E-state index >= 15 is 0 Å². The smallest absolute Gasteiger partial charge is 0.252 e. The number of benzene rings is 1. The van der Waals surface area contributed by atoms with Gasteiger partial charge < -0.3 is 4.57 Å². The van der Waals surface area contributed by atoms with Gasteiger partial charge in [0.1, 0.15) is 0 Å². The Morgan fingerprint density at radius 3 is 2.97 bits per heavy atom. The minimum Gasteiger partial charge on any atom is -0.337 e. The molecule has 0 saturated carbocycles. The van der Waals surface area contributed by atoms with Crippen LogP contribution >= 0.6 is 46.7 Å². The lowest BCUT2D eigenvalue weighted by Crippen LogP contribution is -2.30. The predicted octanol–water partition coefficient (Wildman–Crippen LogP) is 5.77. The molecule has 0 fully saturated rings. The van der Waals surface area contributed by atoms with Crippen LogP contribution in [0.2, 0.25) is 5.02 Å². The van der Waals surface area contributed by atoms with Gasteiger partial charge in [-0.05, 0) is 42.1 Å². The van der Waals surface area contributed by atoms with E-state index in [1.807, 2.05) is 52.6 Å². The van der Waals surface area contributed by atoms with E-state index in [1.54, 1.807) is 34.8 Å². The highest BCUT2D eigenvalue weighted by atomic mass is 35.5. The summed E-state index contributed by atoms with van der Waals surface area (Å²) in [4.78, 5) is 24.4. The molecule has 0 N–H and O–H groups in total. The molecule has 0 bridgehead atoms. The van der Waals surface area contributed by atoms with E-state index in [9.17, 15) is 4.79 Å². The molecule has 4 aromatic rings. The molecule has 3 heterocycles. The van der Waals surface area contributed by atoms with E-state index in [-0.39, 0.29) is 18.3 Å². The molecule has 0 atom stereocenters. The summed E-state index contributed by atoms with van der Waals surface area (Å²) in [5.41, 5.74) is 0.846. The summed E-state index contributed by atoms with van der Waals surface area (Å²) in [6.07, 6.45) is 9.71. The molecular formula is C20H18Cl2N4OS2. The third-order valence-electron chi connectivity index (χ3n) is 4.13. The molecule has 1 amide bonds. The molecule has 1 aromatic carbocycles. The molecule has 0 saturated heterocycles. The minimum absolute atomic E-state index is 0. The van der Waals surface area contributed by atoms with Gasteiger partial charge in [0, 0.05) is 41.5 Å². The number of nitrogens with zero attached hydrogens (tertiary/aromatic N) is 4. The first-order chi connectivity index (χ1) is 13.7. The number of halogens is 2. The van der Waals surface area contributed by atoms with Crippen molar-refractivity contribution in [3.05, 3.63) is 70.4 Å². The van der Waals surface area contributed by atoms with Crippen LogP contribution in [0, 0.1) is 0 Å². The maximum absolute atomic E-state index is 12.9. The number of anilines is 1. The number of thiophene rings is 1. The van der Waals surface area contributed by atoms with Crippen molar-refractivity contribution in [1.82, 2.24) is 14.5 Å². The number of carbonyl (C=O) groups excluding carboxylic acids is 1. The SMILES string of the molecule is Cl.O=C(C=Cc1cccs1)N(CCCn1ccnc1)c1nc2ccc(Cl)cc2s1. The zero-order valence-corrected chi connectivity index (χ0v) is 18.5. The van der Waals surface area contributed by atoms with Crippen molar-refractivity contribution in [2.45, 2.75) is 13.0 Å². The second-order valence-electron chi connectivity index (χ2n) is 6.10. The molecule has 3 aromatic heterocycles. The van der Waals surface area contributed by atoms with Crippen molar-refractivity contribution in [2.75, 3.05) is 11.4 Å². The quantitative estimate of drug-likeness (QED) is 0.326. The van der Waals surface area contributed by atoms with E-state index in [2.05, 4.69) is 9.97 Å². The van der Waals surface area contributed by atoms with Gasteiger partial charge in [-0.2, -0.15) is 0 Å². The lowest BCUT2D eigenvalue weighted by atomic mass is 10.3. The van der Waals surface area contributed by atoms with Gasteiger partial charge in [-0.3, -0.25) is 9.69 Å². The average Bonchev–Trinajstić information content (AvgIpc) is 3.44. The van der Waals surface area contributed by atoms with Crippen LogP contribution < -0.4 is 4.90 Å². The molecule has 0 aliphatic rings. The van der Waals surface area contributed by atoms with Crippen LogP contribution in [-0.2, 0) is 11.3 Å². The number of aromatic nitrogens is 3. The fourth-order valence-corrected chi connectivity index (χ4v) is 4.65. The van der Waals surface area contributed by atoms with Crippen LogP contribution in [0.3, 0.4) is 0 Å². The van der Waals surface area contributed by atoms with Crippen LogP contribution in [0.15, 0.2) is 60.5 Å². The van der Waals surface area contributed by atoms with Gasteiger partial charge in [0.15, 0.2) is 5.13 Å². The fraction of sp³-hybridized carbons (Fsp3) is 0.150. The topological polar surface area (TPSA) is 51.0 Å². The summed E-state index contributed by atoms with van der Waals surface area (Å²) < 4.78 is 2.97. The first-order valence-electron chi connectivity index (χ1n) is 8.74. The zero-order valence-electron chi connectivity index (χ0n) is 15.3. The first kappa shape index (κ1) is 21.5. The van der Waals surface area contributed by atoms with Crippen molar-refractivity contribution in [3.63, 3.8) is 0 Å². The summed E-state index contributed by atoms with van der Waals surface area (Å²) in [7, 11) is 0. The molecule has 150 valence electrons. The van der Waals surface area contributed by atoms with E-state index < -0.39 is 0 Å². The zero-order chi connectivity index (χ0) is 19.3. The van der Waals surface area contributed by atoms with E-state index in [1.165, 1.54) is 11.3 Å². The summed E-state index contributed by atoms with van der Waals surface area (Å²) in [6.45, 7) is 1.36. The van der Waals surface area contributed by atoms with Crippen molar-refractivity contribution in [3.8, 4) is 0 Å². The van der Waals surface area contributed by atoms with Gasteiger partial charge in [0.2, 0.25) is 0 Å². The molecule has 29 heavy (non-hydrogen) atoms. The Hall–Kier alpha value is -2.19. The number of hydrogen-bond acceptors (Lipinski definition) is 5. The molecule has 9 heteroatoms. The Morgan fingerprint density at radius 2 is 2.21 bits per heavy atom. The highest BCUT2D eigenvalue weighted by Gasteiger charge is 2.18. The minimum atomic E-state index is -0.0795. The maximum Gasteiger partial charge on any atom is 0.252 e. The molecule has 5 nitrogen and oxygen atoms in total. The van der Waals surface area contributed by atoms with Crippen LogP contribution in [0.5, 0.6) is 0 Å². The van der Waals surface area contributed by atoms with Crippen LogP contribution in [0.25, 0.3) is 16.3 Å². The first-order valence-corrected chi connectivity index (χ1v) is 10.8. The van der Waals surface area contributed by atoms with Crippen molar-refractivity contribution in [2.24, 2.45) is 0 Å². The third-order valence-corrected chi connectivity index (χ3v) is 6.24. The Balaban J connectivity index is 0.00000240. The average molecular weight is 465 g/mol. The highest BCUT2D eigenvalue weighted by molar-refractivity contribution is 7.22. The third kappa shape index (κ3) is 5.45. The highest BCUT2D eigenvalue weighted by Crippen LogP contribution is 2.31. The van der Waals surface area contributed by atoms with Crippen molar-refractivity contribution in [1.29, 1.82) is 0 Å². The number of imidazole rings is 1. The van der Waals surface area contributed by atoms with Gasteiger partial charge in [-0.1, -0.05) is 29.0 Å².